The molecule has 0 aliphatic carbocycles. The lowest BCUT2D eigenvalue weighted by Crippen LogP contribution is -2.41. The summed E-state index contributed by atoms with van der Waals surface area (Å²) < 4.78 is 1.58. The third-order valence-corrected chi connectivity index (χ3v) is 3.57. The maximum atomic E-state index is 11.9. The molecule has 2 aromatic heterocycles. The molecule has 3 rings (SSSR count). The van der Waals surface area contributed by atoms with Crippen molar-refractivity contribution in [2.24, 2.45) is 0 Å². The molecule has 0 spiro atoms. The molecule has 4 nitrogen and oxygen atoms in total. The molecule has 0 unspecified atom stereocenters. The van der Waals surface area contributed by atoms with Crippen LogP contribution in [0.3, 0.4) is 0 Å². The monoisotopic (exact) mass is 300 g/mol. The second kappa shape index (κ2) is 6.06. The third kappa shape index (κ3) is 2.95. The van der Waals surface area contributed by atoms with Gasteiger partial charge in [-0.2, -0.15) is 0 Å². The van der Waals surface area contributed by atoms with Gasteiger partial charge in [0.2, 0.25) is 0 Å². The first-order chi connectivity index (χ1) is 10.3. The quantitative estimate of drug-likeness (QED) is 0.594. The number of hydrogen-bond donors (Lipinski definition) is 1. The van der Waals surface area contributed by atoms with Gasteiger partial charge in [-0.15, -0.1) is 16.2 Å². The van der Waals surface area contributed by atoms with Crippen molar-refractivity contribution in [1.29, 1.82) is 0 Å². The first-order valence-corrected chi connectivity index (χ1v) is 7.37. The van der Waals surface area contributed by atoms with Gasteiger partial charge in [0.15, 0.2) is 12.4 Å². The lowest BCUT2D eigenvalue weighted by Gasteiger charge is -1.96. The molecule has 21 heavy (non-hydrogen) atoms. The summed E-state index contributed by atoms with van der Waals surface area (Å²) in [5, 5.41) is 0. The summed E-state index contributed by atoms with van der Waals surface area (Å²) in [5.74, 6) is 1.35. The second-order valence-corrected chi connectivity index (χ2v) is 5.16. The molecule has 3 aromatic rings. The normalized spacial score (nSPS) is 10.9. The van der Waals surface area contributed by atoms with Gasteiger partial charge in [0.05, 0.1) is 17.5 Å². The van der Waals surface area contributed by atoms with Gasteiger partial charge in [-0.1, -0.05) is 12.1 Å². The number of carbonyl (C=O) groups excluding carboxylic acids is 1. The Kier molecular flexibility index (Phi) is 3.97. The Morgan fingerprint density at radius 2 is 1.95 bits per heavy atom. The molecule has 0 fully saturated rings. The summed E-state index contributed by atoms with van der Waals surface area (Å²) in [6.07, 6.45) is 4.68. The van der Waals surface area contributed by atoms with E-state index in [0.29, 0.717) is 18.7 Å². The first kappa shape index (κ1) is 13.8. The van der Waals surface area contributed by atoms with Crippen LogP contribution in [-0.2, 0) is 0 Å². The van der Waals surface area contributed by atoms with Crippen LogP contribution in [0.2, 0.25) is 0 Å². The summed E-state index contributed by atoms with van der Waals surface area (Å²) in [6, 6.07) is 11.7. The minimum absolute atomic E-state index is 0.0480. The number of nitrogens with one attached hydrogen (secondary N) is 1. The highest BCUT2D eigenvalue weighted by molar-refractivity contribution is 6.17. The molecule has 0 saturated heterocycles. The predicted molar refractivity (Wildman–Crippen MR) is 82.3 cm³/mol. The molecular formula is C16H15ClN3O+. The lowest BCUT2D eigenvalue weighted by atomic mass is 10.2. The van der Waals surface area contributed by atoms with Crippen molar-refractivity contribution < 1.29 is 9.36 Å². The van der Waals surface area contributed by atoms with Gasteiger partial charge in [-0.25, -0.2) is 9.78 Å². The number of halogens is 1. The Bertz CT molecular complexity index is 732. The lowest BCUT2D eigenvalue weighted by molar-refractivity contribution is -0.574. The van der Waals surface area contributed by atoms with E-state index < -0.39 is 0 Å². The highest BCUT2D eigenvalue weighted by atomic mass is 35.5. The molecular weight excluding hydrogens is 286 g/mol. The van der Waals surface area contributed by atoms with Crippen LogP contribution in [0.15, 0.2) is 48.8 Å². The highest BCUT2D eigenvalue weighted by Crippen LogP contribution is 2.18. The van der Waals surface area contributed by atoms with Crippen molar-refractivity contribution in [3.05, 3.63) is 48.8 Å². The first-order valence-electron chi connectivity index (χ1n) is 6.83. The number of pyridine rings is 1. The van der Waals surface area contributed by atoms with Crippen LogP contribution in [0.4, 0.5) is 0 Å². The average molecular weight is 301 g/mol. The van der Waals surface area contributed by atoms with E-state index in [4.69, 9.17) is 11.6 Å². The maximum absolute atomic E-state index is 11.9. The number of carbonyl (C=O) groups is 1. The van der Waals surface area contributed by atoms with E-state index in [9.17, 15) is 4.79 Å². The van der Waals surface area contributed by atoms with E-state index in [-0.39, 0.29) is 5.91 Å². The topological polar surface area (TPSA) is 49.6 Å². The van der Waals surface area contributed by atoms with Crippen molar-refractivity contribution >= 4 is 28.5 Å². The Balaban J connectivity index is 1.85. The van der Waals surface area contributed by atoms with Crippen LogP contribution >= 0.6 is 11.6 Å². The molecule has 0 amide bonds. The summed E-state index contributed by atoms with van der Waals surface area (Å²) in [5.41, 5.74) is 2.89. The molecule has 2 heterocycles. The number of imidazole rings is 1. The number of benzene rings is 1. The van der Waals surface area contributed by atoms with Crippen LogP contribution in [0.5, 0.6) is 0 Å². The standard InChI is InChI=1S/C16H14ClN3O/c17-9-3-6-15(21)20-10-7-12(8-11-20)16-18-13-4-1-2-5-14(13)19-16/h1-2,4-5,7-8,10-11H,3,6,9H2/p+1. The van der Waals surface area contributed by atoms with E-state index in [2.05, 4.69) is 9.97 Å². The zero-order valence-corrected chi connectivity index (χ0v) is 12.2. The van der Waals surface area contributed by atoms with Gasteiger partial charge in [0.25, 0.3) is 0 Å². The Morgan fingerprint density at radius 1 is 1.19 bits per heavy atom. The molecule has 5 heteroatoms. The van der Waals surface area contributed by atoms with Gasteiger partial charge in [-0.3, -0.25) is 0 Å². The number of H-pyrrole nitrogens is 1. The molecule has 0 aliphatic rings. The van der Waals surface area contributed by atoms with E-state index >= 15 is 0 Å². The number of aromatic amines is 1. The zero-order valence-electron chi connectivity index (χ0n) is 11.4. The van der Waals surface area contributed by atoms with Crippen molar-refractivity contribution in [3.8, 4) is 11.4 Å². The fraction of sp³-hybridized carbons (Fsp3) is 0.188. The van der Waals surface area contributed by atoms with E-state index in [1.54, 1.807) is 17.0 Å². The number of fused-ring (bicyclic) bond motifs is 1. The molecule has 0 aliphatic heterocycles. The largest absolute Gasteiger partial charge is 0.392 e. The van der Waals surface area contributed by atoms with Crippen LogP contribution in [0, 0.1) is 0 Å². The van der Waals surface area contributed by atoms with Gasteiger partial charge >= 0.3 is 5.91 Å². The molecule has 106 valence electrons. The summed E-state index contributed by atoms with van der Waals surface area (Å²) in [6.45, 7) is 0. The summed E-state index contributed by atoms with van der Waals surface area (Å²) >= 11 is 5.60. The number of para-hydroxylation sites is 2. The van der Waals surface area contributed by atoms with E-state index in [0.717, 1.165) is 22.4 Å². The van der Waals surface area contributed by atoms with Crippen molar-refractivity contribution in [2.45, 2.75) is 12.8 Å². The predicted octanol–water partition coefficient (Wildman–Crippen LogP) is 3.18. The molecule has 1 N–H and O–H groups in total. The number of rotatable bonds is 4. The van der Waals surface area contributed by atoms with Crippen LogP contribution in [0.25, 0.3) is 22.4 Å². The fourth-order valence-electron chi connectivity index (χ4n) is 2.19. The smallest absolute Gasteiger partial charge is 0.338 e. The average Bonchev–Trinajstić information content (AvgIpc) is 2.96. The molecule has 0 saturated carbocycles. The van der Waals surface area contributed by atoms with Gasteiger partial charge in [-0.05, 0) is 18.6 Å². The Labute approximate surface area is 127 Å². The molecule has 0 radical (unpaired) electrons. The highest BCUT2D eigenvalue weighted by Gasteiger charge is 2.14. The van der Waals surface area contributed by atoms with Crippen LogP contribution in [0.1, 0.15) is 17.6 Å². The second-order valence-electron chi connectivity index (χ2n) is 4.78. The number of hydrogen-bond acceptors (Lipinski definition) is 2. The number of nitrogens with zero attached hydrogens (tertiary/aromatic N) is 2. The van der Waals surface area contributed by atoms with Gasteiger partial charge in [0.1, 0.15) is 5.82 Å². The van der Waals surface area contributed by atoms with Crippen LogP contribution < -0.4 is 4.57 Å². The van der Waals surface area contributed by atoms with Gasteiger partial charge < -0.3 is 4.98 Å². The number of aromatic nitrogens is 3. The molecule has 0 bridgehead atoms. The van der Waals surface area contributed by atoms with Crippen molar-refractivity contribution in [2.75, 3.05) is 5.88 Å². The minimum Gasteiger partial charge on any atom is -0.338 e. The van der Waals surface area contributed by atoms with Crippen molar-refractivity contribution in [1.82, 2.24) is 9.97 Å². The maximum Gasteiger partial charge on any atom is 0.392 e. The Hall–Kier alpha value is -2.20. The fourth-order valence-corrected chi connectivity index (χ4v) is 2.32. The third-order valence-electron chi connectivity index (χ3n) is 3.30. The molecule has 0 atom stereocenters. The zero-order chi connectivity index (χ0) is 14.7. The van der Waals surface area contributed by atoms with E-state index in [1.165, 1.54) is 0 Å². The van der Waals surface area contributed by atoms with Gasteiger partial charge in [0, 0.05) is 23.6 Å². The Morgan fingerprint density at radius 3 is 2.67 bits per heavy atom. The molecule has 1 aromatic carbocycles. The van der Waals surface area contributed by atoms with Crippen molar-refractivity contribution in [3.63, 3.8) is 0 Å². The summed E-state index contributed by atoms with van der Waals surface area (Å²) in [7, 11) is 0. The van der Waals surface area contributed by atoms with E-state index in [1.807, 2.05) is 36.4 Å². The summed E-state index contributed by atoms with van der Waals surface area (Å²) in [4.78, 5) is 19.7. The SMILES string of the molecule is O=C(CCCCl)[n+]1ccc(-c2nc3ccccc3[nH]2)cc1. The number of alkyl halides is 1. The van der Waals surface area contributed by atoms with Crippen LogP contribution in [-0.4, -0.2) is 21.8 Å². The minimum atomic E-state index is 0.0480.